The Morgan fingerprint density at radius 2 is 1.80 bits per heavy atom. The van der Waals surface area contributed by atoms with Crippen LogP contribution in [0, 0.1) is 5.41 Å². The van der Waals surface area contributed by atoms with Crippen LogP contribution in [0.15, 0.2) is 83.0 Å². The maximum atomic E-state index is 13.1. The Balaban J connectivity index is 2.13. The van der Waals surface area contributed by atoms with E-state index in [2.05, 4.69) is 45.9 Å². The van der Waals surface area contributed by atoms with Gasteiger partial charge in [0.2, 0.25) is 0 Å². The number of carbonyl (C=O) groups is 1. The molecule has 0 N–H and O–H groups in total. The van der Waals surface area contributed by atoms with E-state index in [1.165, 1.54) is 36.0 Å². The molecule has 1 aromatic rings. The molecule has 0 aliphatic heterocycles. The highest BCUT2D eigenvalue weighted by atomic mass is 16.5. The number of benzene rings is 1. The number of amides is 1. The molecule has 2 rings (SSSR count). The van der Waals surface area contributed by atoms with Gasteiger partial charge in [-0.3, -0.25) is 4.79 Å². The summed E-state index contributed by atoms with van der Waals surface area (Å²) >= 11 is 0. The van der Waals surface area contributed by atoms with E-state index in [9.17, 15) is 4.79 Å². The van der Waals surface area contributed by atoms with Crippen molar-refractivity contribution < 1.29 is 9.53 Å². The molecule has 0 spiro atoms. The van der Waals surface area contributed by atoms with E-state index in [1.807, 2.05) is 71.0 Å². The van der Waals surface area contributed by atoms with Gasteiger partial charge in [0, 0.05) is 12.6 Å². The summed E-state index contributed by atoms with van der Waals surface area (Å²) in [6.45, 7) is 19.6. The fraction of sp³-hybridized carbons (Fsp3) is 0.469. The summed E-state index contributed by atoms with van der Waals surface area (Å²) in [7, 11) is 0. The predicted octanol–water partition coefficient (Wildman–Crippen LogP) is 8.75. The third-order valence-electron chi connectivity index (χ3n) is 6.28. The van der Waals surface area contributed by atoms with Crippen molar-refractivity contribution in [2.24, 2.45) is 5.41 Å². The first-order valence-electron chi connectivity index (χ1n) is 12.8. The fourth-order valence-corrected chi connectivity index (χ4v) is 4.49. The number of hydrogen-bond donors (Lipinski definition) is 0. The predicted molar refractivity (Wildman–Crippen MR) is 151 cm³/mol. The Kier molecular flexibility index (Phi) is 9.94. The zero-order valence-electron chi connectivity index (χ0n) is 23.4. The number of likely N-dealkylation sites (N-methyl/N-ethyl adjacent to an activating group) is 1. The first-order chi connectivity index (χ1) is 16.3. The van der Waals surface area contributed by atoms with E-state index in [4.69, 9.17) is 4.74 Å². The largest absolute Gasteiger partial charge is 0.486 e. The van der Waals surface area contributed by atoms with Gasteiger partial charge in [-0.1, -0.05) is 67.5 Å². The SMILES string of the molecule is CCN(C(=O)C=C(C)C=CC=C(C)C=CC1=C(C)CCCC1(C)C)c1ccccc1OC(C)(C)C. The smallest absolute Gasteiger partial charge is 0.251 e. The Labute approximate surface area is 214 Å². The minimum Gasteiger partial charge on any atom is -0.486 e. The molecule has 0 radical (unpaired) electrons. The quantitative estimate of drug-likeness (QED) is 0.278. The zero-order chi connectivity index (χ0) is 26.2. The molecule has 1 amide bonds. The molecule has 0 fully saturated rings. The van der Waals surface area contributed by atoms with Gasteiger partial charge in [-0.2, -0.15) is 0 Å². The molecule has 0 saturated carbocycles. The zero-order valence-corrected chi connectivity index (χ0v) is 23.4. The molecular weight excluding hydrogens is 430 g/mol. The lowest BCUT2D eigenvalue weighted by atomic mass is 9.72. The van der Waals surface area contributed by atoms with Crippen LogP contribution < -0.4 is 9.64 Å². The van der Waals surface area contributed by atoms with Gasteiger partial charge in [-0.25, -0.2) is 0 Å². The van der Waals surface area contributed by atoms with Gasteiger partial charge < -0.3 is 9.64 Å². The van der Waals surface area contributed by atoms with Gasteiger partial charge in [0.05, 0.1) is 5.69 Å². The lowest BCUT2D eigenvalue weighted by molar-refractivity contribution is -0.114. The van der Waals surface area contributed by atoms with Gasteiger partial charge in [-0.05, 0) is 96.4 Å². The molecule has 0 aromatic heterocycles. The second kappa shape index (κ2) is 12.2. The summed E-state index contributed by atoms with van der Waals surface area (Å²) in [6, 6.07) is 7.72. The second-order valence-corrected chi connectivity index (χ2v) is 11.2. The third kappa shape index (κ3) is 8.72. The first-order valence-corrected chi connectivity index (χ1v) is 12.8. The minimum atomic E-state index is -0.340. The molecule has 35 heavy (non-hydrogen) atoms. The number of rotatable bonds is 8. The number of para-hydroxylation sites is 2. The molecule has 190 valence electrons. The Morgan fingerprint density at radius 3 is 2.43 bits per heavy atom. The summed E-state index contributed by atoms with van der Waals surface area (Å²) in [4.78, 5) is 14.9. The van der Waals surface area contributed by atoms with Crippen molar-refractivity contribution in [1.29, 1.82) is 0 Å². The molecule has 0 heterocycles. The van der Waals surface area contributed by atoms with Gasteiger partial charge in [-0.15, -0.1) is 0 Å². The maximum absolute atomic E-state index is 13.1. The number of anilines is 1. The van der Waals surface area contributed by atoms with Crippen LogP contribution in [-0.2, 0) is 4.79 Å². The van der Waals surface area contributed by atoms with Crippen molar-refractivity contribution in [3.05, 3.63) is 83.0 Å². The van der Waals surface area contributed by atoms with Crippen molar-refractivity contribution in [2.75, 3.05) is 11.4 Å². The number of nitrogens with zero attached hydrogens (tertiary/aromatic N) is 1. The van der Waals surface area contributed by atoms with Crippen molar-refractivity contribution >= 4 is 11.6 Å². The van der Waals surface area contributed by atoms with E-state index < -0.39 is 0 Å². The van der Waals surface area contributed by atoms with Crippen LogP contribution in [0.25, 0.3) is 0 Å². The molecule has 0 unspecified atom stereocenters. The molecule has 3 nitrogen and oxygen atoms in total. The number of hydrogen-bond acceptors (Lipinski definition) is 2. The normalized spacial score (nSPS) is 17.4. The molecule has 0 atom stereocenters. The highest BCUT2D eigenvalue weighted by molar-refractivity contribution is 6.03. The minimum absolute atomic E-state index is 0.0536. The standard InChI is InChI=1S/C32H45NO2/c1-10-33(28-18-11-12-19-29(28)35-31(5,6)7)30(34)23-25(3)16-13-15-24(2)20-21-27-26(4)17-14-22-32(27,8)9/h11-13,15-16,18-21,23H,10,14,17,22H2,1-9H3. The van der Waals surface area contributed by atoms with Gasteiger partial charge in [0.1, 0.15) is 11.4 Å². The van der Waals surface area contributed by atoms with Gasteiger partial charge in [0.15, 0.2) is 0 Å². The van der Waals surface area contributed by atoms with Crippen LogP contribution in [0.1, 0.15) is 81.6 Å². The summed E-state index contributed by atoms with van der Waals surface area (Å²) in [6.07, 6.45) is 16.0. The van der Waals surface area contributed by atoms with Crippen molar-refractivity contribution in [3.8, 4) is 5.75 Å². The molecule has 0 bridgehead atoms. The Bertz CT molecular complexity index is 1040. The van der Waals surface area contributed by atoms with Crippen molar-refractivity contribution in [1.82, 2.24) is 0 Å². The van der Waals surface area contributed by atoms with E-state index >= 15 is 0 Å². The highest BCUT2D eigenvalue weighted by Crippen LogP contribution is 2.40. The Morgan fingerprint density at radius 1 is 1.11 bits per heavy atom. The molecule has 1 aliphatic carbocycles. The fourth-order valence-electron chi connectivity index (χ4n) is 4.49. The van der Waals surface area contributed by atoms with Crippen LogP contribution in [0.5, 0.6) is 5.75 Å². The molecular formula is C32H45NO2. The topological polar surface area (TPSA) is 29.5 Å². The third-order valence-corrected chi connectivity index (χ3v) is 6.28. The van der Waals surface area contributed by atoms with Crippen LogP contribution in [0.3, 0.4) is 0 Å². The summed E-state index contributed by atoms with van der Waals surface area (Å²) in [5.41, 5.74) is 5.77. The van der Waals surface area contributed by atoms with E-state index in [0.717, 1.165) is 11.3 Å². The molecule has 1 aliphatic rings. The van der Waals surface area contributed by atoms with Gasteiger partial charge >= 0.3 is 0 Å². The Hall–Kier alpha value is -2.81. The van der Waals surface area contributed by atoms with Crippen LogP contribution >= 0.6 is 0 Å². The highest BCUT2D eigenvalue weighted by Gasteiger charge is 2.26. The molecule has 0 saturated heterocycles. The summed E-state index contributed by atoms with van der Waals surface area (Å²) < 4.78 is 6.10. The first kappa shape index (κ1) is 28.4. The maximum Gasteiger partial charge on any atom is 0.251 e. The monoisotopic (exact) mass is 475 g/mol. The second-order valence-electron chi connectivity index (χ2n) is 11.2. The summed E-state index contributed by atoms with van der Waals surface area (Å²) in [5, 5.41) is 0. The summed E-state index contributed by atoms with van der Waals surface area (Å²) in [5.74, 6) is 0.663. The van der Waals surface area contributed by atoms with Crippen LogP contribution in [0.2, 0.25) is 0 Å². The lowest BCUT2D eigenvalue weighted by Gasteiger charge is -2.32. The van der Waals surface area contributed by atoms with Crippen LogP contribution in [-0.4, -0.2) is 18.1 Å². The number of allylic oxidation sites excluding steroid dienone is 9. The van der Waals surface area contributed by atoms with E-state index in [-0.39, 0.29) is 16.9 Å². The average molecular weight is 476 g/mol. The van der Waals surface area contributed by atoms with Gasteiger partial charge in [0.25, 0.3) is 5.91 Å². The number of carbonyl (C=O) groups excluding carboxylic acids is 1. The lowest BCUT2D eigenvalue weighted by Crippen LogP contribution is -2.31. The van der Waals surface area contributed by atoms with E-state index in [0.29, 0.717) is 12.3 Å². The average Bonchev–Trinajstić information content (AvgIpc) is 2.73. The van der Waals surface area contributed by atoms with Crippen LogP contribution in [0.4, 0.5) is 5.69 Å². The molecule has 3 heteroatoms. The number of ether oxygens (including phenoxy) is 1. The molecule has 1 aromatic carbocycles. The van der Waals surface area contributed by atoms with Crippen molar-refractivity contribution in [3.63, 3.8) is 0 Å². The van der Waals surface area contributed by atoms with Crippen molar-refractivity contribution in [2.45, 2.75) is 87.2 Å². The van der Waals surface area contributed by atoms with E-state index in [1.54, 1.807) is 11.0 Å².